The molecule has 42 heavy (non-hydrogen) atoms. The van der Waals surface area contributed by atoms with E-state index in [9.17, 15) is 0 Å². The largest absolute Gasteiger partial charge is 0.467 e. The first kappa shape index (κ1) is 27.1. The van der Waals surface area contributed by atoms with E-state index in [1.54, 1.807) is 0 Å². The highest BCUT2D eigenvalue weighted by Gasteiger charge is 2.73. The standard InChI is InChI=1S/C35H20Cl4O3/c36-27-28(37)30(39)32-31(29(27)38)41-34(23-17-9-3-10-18-23)26(22-15-7-2-8-16-22)25(21-13-5-1-6-14-21)33(40)35(34,42-32)24-19-11-4-12-20-24/h1-20H/t34-,35-/m0/s1. The van der Waals surface area contributed by atoms with Crippen LogP contribution in [0.3, 0.4) is 0 Å². The minimum absolute atomic E-state index is 0.000238. The van der Waals surface area contributed by atoms with Crippen LogP contribution in [-0.4, -0.2) is 5.78 Å². The third kappa shape index (κ3) is 3.64. The predicted molar refractivity (Wildman–Crippen MR) is 169 cm³/mol. The van der Waals surface area contributed by atoms with Gasteiger partial charge in [-0.3, -0.25) is 4.79 Å². The molecule has 0 bridgehead atoms. The first-order chi connectivity index (χ1) is 20.4. The van der Waals surface area contributed by atoms with Gasteiger partial charge in [0.2, 0.25) is 17.0 Å². The van der Waals surface area contributed by atoms with E-state index in [2.05, 4.69) is 0 Å². The van der Waals surface area contributed by atoms with Gasteiger partial charge in [-0.1, -0.05) is 168 Å². The zero-order chi connectivity index (χ0) is 29.1. The third-order valence-corrected chi connectivity index (χ3v) is 9.59. The maximum Gasteiger partial charge on any atom is 0.244 e. The smallest absolute Gasteiger partial charge is 0.244 e. The number of halogens is 4. The first-order valence-corrected chi connectivity index (χ1v) is 14.7. The number of fused-ring (bicyclic) bond motifs is 2. The van der Waals surface area contributed by atoms with Crippen molar-refractivity contribution in [3.05, 3.63) is 164 Å². The van der Waals surface area contributed by atoms with Crippen molar-refractivity contribution in [2.24, 2.45) is 0 Å². The Balaban J connectivity index is 1.72. The van der Waals surface area contributed by atoms with Gasteiger partial charge in [-0.25, -0.2) is 0 Å². The molecular weight excluding hydrogens is 610 g/mol. The molecule has 1 aliphatic heterocycles. The molecule has 206 valence electrons. The van der Waals surface area contributed by atoms with E-state index in [1.807, 2.05) is 121 Å². The monoisotopic (exact) mass is 628 g/mol. The summed E-state index contributed by atoms with van der Waals surface area (Å²) in [5.74, 6) is -0.157. The fraction of sp³-hybridized carbons (Fsp3) is 0.0571. The Morgan fingerprint density at radius 3 is 1.31 bits per heavy atom. The molecule has 7 rings (SSSR count). The highest BCUT2D eigenvalue weighted by atomic mass is 35.5. The average Bonchev–Trinajstić information content (AvgIpc) is 3.29. The lowest BCUT2D eigenvalue weighted by Gasteiger charge is -2.50. The maximum atomic E-state index is 15.4. The van der Waals surface area contributed by atoms with Gasteiger partial charge in [0.05, 0.1) is 10.0 Å². The van der Waals surface area contributed by atoms with Crippen molar-refractivity contribution in [2.45, 2.75) is 11.2 Å². The van der Waals surface area contributed by atoms with Gasteiger partial charge in [-0.05, 0) is 11.1 Å². The average molecular weight is 630 g/mol. The van der Waals surface area contributed by atoms with E-state index in [0.29, 0.717) is 27.8 Å². The van der Waals surface area contributed by atoms with E-state index in [-0.39, 0.29) is 37.4 Å². The van der Waals surface area contributed by atoms with Gasteiger partial charge in [0, 0.05) is 22.3 Å². The number of hydrogen-bond donors (Lipinski definition) is 0. The van der Waals surface area contributed by atoms with Gasteiger partial charge in [0.15, 0.2) is 11.5 Å². The summed E-state index contributed by atoms with van der Waals surface area (Å²) in [4.78, 5) is 15.4. The summed E-state index contributed by atoms with van der Waals surface area (Å²) >= 11 is 26.7. The van der Waals surface area contributed by atoms with Crippen LogP contribution in [-0.2, 0) is 16.0 Å². The molecule has 1 heterocycles. The summed E-state index contributed by atoms with van der Waals surface area (Å²) in [6.45, 7) is 0. The third-order valence-electron chi connectivity index (χ3n) is 7.82. The molecular formula is C35H20Cl4O3. The number of carbonyl (C=O) groups excluding carboxylic acids is 1. The van der Waals surface area contributed by atoms with Crippen molar-refractivity contribution in [3.63, 3.8) is 0 Å². The fourth-order valence-electron chi connectivity index (χ4n) is 6.10. The normalized spacial score (nSPS) is 20.9. The molecule has 5 aromatic carbocycles. The molecule has 0 fully saturated rings. The predicted octanol–water partition coefficient (Wildman–Crippen LogP) is 10.1. The second-order valence-electron chi connectivity index (χ2n) is 10.0. The molecule has 0 saturated carbocycles. The molecule has 0 saturated heterocycles. The molecule has 1 aliphatic carbocycles. The van der Waals surface area contributed by atoms with E-state index in [1.165, 1.54) is 0 Å². The van der Waals surface area contributed by atoms with Crippen molar-refractivity contribution in [2.75, 3.05) is 0 Å². The van der Waals surface area contributed by atoms with Crippen LogP contribution in [0.5, 0.6) is 11.5 Å². The lowest BCUT2D eigenvalue weighted by Crippen LogP contribution is -2.60. The Morgan fingerprint density at radius 1 is 0.452 bits per heavy atom. The van der Waals surface area contributed by atoms with Crippen molar-refractivity contribution >= 4 is 63.3 Å². The fourth-order valence-corrected chi connectivity index (χ4v) is 7.00. The van der Waals surface area contributed by atoms with Crippen LogP contribution in [0.2, 0.25) is 20.1 Å². The minimum atomic E-state index is -1.77. The van der Waals surface area contributed by atoms with Crippen LogP contribution in [0.15, 0.2) is 121 Å². The number of ether oxygens (including phenoxy) is 2. The van der Waals surface area contributed by atoms with Gasteiger partial charge in [-0.15, -0.1) is 0 Å². The quantitative estimate of drug-likeness (QED) is 0.147. The number of rotatable bonds is 4. The van der Waals surface area contributed by atoms with E-state index >= 15 is 4.79 Å². The second-order valence-corrected chi connectivity index (χ2v) is 11.5. The SMILES string of the molecule is O=C1C(c2ccccc2)=C(c2ccccc2)[C@]2(c3ccccc3)Oc3c(Cl)c(Cl)c(Cl)c(Cl)c3O[C@@]12c1ccccc1. The van der Waals surface area contributed by atoms with Crippen molar-refractivity contribution in [3.8, 4) is 11.5 Å². The zero-order valence-corrected chi connectivity index (χ0v) is 24.8. The Morgan fingerprint density at radius 2 is 0.833 bits per heavy atom. The number of ketones is 1. The molecule has 3 nitrogen and oxygen atoms in total. The molecule has 7 heteroatoms. The van der Waals surface area contributed by atoms with Crippen molar-refractivity contribution < 1.29 is 14.3 Å². The summed E-state index contributed by atoms with van der Waals surface area (Å²) in [6.07, 6.45) is 0. The van der Waals surface area contributed by atoms with E-state index in [4.69, 9.17) is 55.9 Å². The summed E-state index contributed by atoms with van der Waals surface area (Å²) in [5.41, 5.74) is 0.467. The zero-order valence-electron chi connectivity index (χ0n) is 21.8. The molecule has 0 radical (unpaired) electrons. The summed E-state index contributed by atoms with van der Waals surface area (Å²) < 4.78 is 14.1. The van der Waals surface area contributed by atoms with Crippen LogP contribution in [0.4, 0.5) is 0 Å². The molecule has 0 spiro atoms. The maximum absolute atomic E-state index is 15.4. The second kappa shape index (κ2) is 10.2. The van der Waals surface area contributed by atoms with Gasteiger partial charge in [-0.2, -0.15) is 0 Å². The van der Waals surface area contributed by atoms with Crippen LogP contribution in [0.1, 0.15) is 22.3 Å². The van der Waals surface area contributed by atoms with E-state index < -0.39 is 11.2 Å². The summed E-state index contributed by atoms with van der Waals surface area (Å²) in [7, 11) is 0. The Labute approximate surface area is 262 Å². The summed E-state index contributed by atoms with van der Waals surface area (Å²) in [5, 5.41) is 0.0661. The van der Waals surface area contributed by atoms with Crippen LogP contribution < -0.4 is 9.47 Å². The lowest BCUT2D eigenvalue weighted by atomic mass is 9.69. The number of carbonyl (C=O) groups is 1. The molecule has 0 N–H and O–H groups in total. The number of Topliss-reactive ketones (excluding diaryl/α,β-unsaturated/α-hetero) is 1. The molecule has 0 amide bonds. The minimum Gasteiger partial charge on any atom is -0.467 e. The summed E-state index contributed by atoms with van der Waals surface area (Å²) in [6, 6.07) is 38.1. The Kier molecular flexibility index (Phi) is 6.60. The van der Waals surface area contributed by atoms with Crippen molar-refractivity contribution in [1.29, 1.82) is 0 Å². The van der Waals surface area contributed by atoms with Gasteiger partial charge < -0.3 is 9.47 Å². The Hall–Kier alpha value is -3.73. The lowest BCUT2D eigenvalue weighted by molar-refractivity contribution is -0.152. The van der Waals surface area contributed by atoms with Gasteiger partial charge >= 0.3 is 0 Å². The number of hydrogen-bond acceptors (Lipinski definition) is 3. The van der Waals surface area contributed by atoms with Gasteiger partial charge in [0.1, 0.15) is 10.0 Å². The highest BCUT2D eigenvalue weighted by Crippen LogP contribution is 2.68. The van der Waals surface area contributed by atoms with Crippen LogP contribution >= 0.6 is 46.4 Å². The molecule has 0 aromatic heterocycles. The molecule has 5 aromatic rings. The highest BCUT2D eigenvalue weighted by molar-refractivity contribution is 6.53. The first-order valence-electron chi connectivity index (χ1n) is 13.2. The Bertz CT molecular complexity index is 1880. The van der Waals surface area contributed by atoms with Crippen LogP contribution in [0, 0.1) is 0 Å². The van der Waals surface area contributed by atoms with E-state index in [0.717, 1.165) is 5.56 Å². The topological polar surface area (TPSA) is 35.5 Å². The van der Waals surface area contributed by atoms with Crippen LogP contribution in [0.25, 0.3) is 11.1 Å². The molecule has 2 aliphatic rings. The van der Waals surface area contributed by atoms with Crippen molar-refractivity contribution in [1.82, 2.24) is 0 Å². The molecule has 0 unspecified atom stereocenters. The van der Waals surface area contributed by atoms with Gasteiger partial charge in [0.25, 0.3) is 0 Å². The molecule has 2 atom stereocenters. The number of benzene rings is 5.